The number of nitrogens with zero attached hydrogens (tertiary/aromatic N) is 1. The molecule has 0 aliphatic carbocycles. The van der Waals surface area contributed by atoms with Crippen LogP contribution < -0.4 is 10.1 Å². The van der Waals surface area contributed by atoms with Crippen molar-refractivity contribution in [3.05, 3.63) is 29.8 Å². The van der Waals surface area contributed by atoms with E-state index in [1.807, 2.05) is 13.8 Å². The number of alkyl halides is 3. The first kappa shape index (κ1) is 21.0. The fourth-order valence-electron chi connectivity index (χ4n) is 3.03. The molecule has 0 bridgehead atoms. The number of aliphatic hydroxyl groups is 1. The predicted octanol–water partition coefficient (Wildman–Crippen LogP) is 2.97. The van der Waals surface area contributed by atoms with Crippen LogP contribution in [0.15, 0.2) is 24.3 Å². The molecule has 24 heavy (non-hydrogen) atoms. The Morgan fingerprint density at radius 3 is 2.17 bits per heavy atom. The molecule has 1 atom stereocenters. The van der Waals surface area contributed by atoms with Crippen molar-refractivity contribution < 1.29 is 23.0 Å². The van der Waals surface area contributed by atoms with Gasteiger partial charge in [0.2, 0.25) is 0 Å². The molecule has 2 rings (SSSR count). The van der Waals surface area contributed by atoms with E-state index < -0.39 is 11.8 Å². The number of aliphatic hydroxyl groups excluding tert-OH is 1. The van der Waals surface area contributed by atoms with Crippen LogP contribution in [0.4, 0.5) is 13.2 Å². The van der Waals surface area contributed by atoms with Gasteiger partial charge in [0.15, 0.2) is 0 Å². The molecule has 1 aromatic carbocycles. The first-order valence-corrected chi connectivity index (χ1v) is 7.64. The van der Waals surface area contributed by atoms with Crippen LogP contribution in [-0.2, 0) is 0 Å². The van der Waals surface area contributed by atoms with E-state index >= 15 is 0 Å². The van der Waals surface area contributed by atoms with Crippen LogP contribution in [0.25, 0.3) is 0 Å². The Balaban J connectivity index is 0.00000288. The largest absolute Gasteiger partial charge is 0.573 e. The Hall–Kier alpha value is -1.02. The second-order valence-electron chi connectivity index (χ2n) is 6.45. The van der Waals surface area contributed by atoms with Crippen LogP contribution in [0.5, 0.6) is 5.75 Å². The molecule has 0 aromatic heterocycles. The Labute approximate surface area is 146 Å². The van der Waals surface area contributed by atoms with Gasteiger partial charge < -0.3 is 15.2 Å². The molecule has 0 saturated carbocycles. The number of ether oxygens (including phenoxy) is 1. The summed E-state index contributed by atoms with van der Waals surface area (Å²) in [5.74, 6) is -0.234. The minimum atomic E-state index is -4.69. The Morgan fingerprint density at radius 1 is 1.17 bits per heavy atom. The molecule has 1 aliphatic rings. The Morgan fingerprint density at radius 2 is 1.71 bits per heavy atom. The summed E-state index contributed by atoms with van der Waals surface area (Å²) in [5, 5.41) is 13.0. The molecule has 4 nitrogen and oxygen atoms in total. The molecular formula is C16H24ClF3N2O2. The fourth-order valence-corrected chi connectivity index (χ4v) is 3.03. The molecular weight excluding hydrogens is 345 g/mol. The number of piperazine rings is 1. The quantitative estimate of drug-likeness (QED) is 0.838. The summed E-state index contributed by atoms with van der Waals surface area (Å²) in [5.41, 5.74) is 0.462. The lowest BCUT2D eigenvalue weighted by atomic mass is 9.79. The molecule has 0 spiro atoms. The van der Waals surface area contributed by atoms with Crippen molar-refractivity contribution in [1.29, 1.82) is 0 Å². The molecule has 8 heteroatoms. The van der Waals surface area contributed by atoms with E-state index in [1.54, 1.807) is 12.1 Å². The Kier molecular flexibility index (Phi) is 7.34. The van der Waals surface area contributed by atoms with Crippen LogP contribution in [0.1, 0.15) is 25.5 Å². The monoisotopic (exact) mass is 368 g/mol. The van der Waals surface area contributed by atoms with Crippen LogP contribution in [0, 0.1) is 5.41 Å². The summed E-state index contributed by atoms with van der Waals surface area (Å²) in [4.78, 5) is 2.26. The summed E-state index contributed by atoms with van der Waals surface area (Å²) in [6.07, 6.45) is -4.69. The van der Waals surface area contributed by atoms with Gasteiger partial charge in [0.1, 0.15) is 5.75 Å². The van der Waals surface area contributed by atoms with Gasteiger partial charge in [-0.25, -0.2) is 0 Å². The van der Waals surface area contributed by atoms with Crippen LogP contribution >= 0.6 is 12.4 Å². The first-order valence-electron chi connectivity index (χ1n) is 7.64. The third kappa shape index (κ3) is 5.51. The minimum Gasteiger partial charge on any atom is -0.406 e. The minimum absolute atomic E-state index is 0. The van der Waals surface area contributed by atoms with Crippen molar-refractivity contribution in [2.24, 2.45) is 5.41 Å². The van der Waals surface area contributed by atoms with Crippen molar-refractivity contribution in [2.45, 2.75) is 26.3 Å². The molecule has 1 fully saturated rings. The van der Waals surface area contributed by atoms with E-state index in [1.165, 1.54) is 12.1 Å². The zero-order valence-electron chi connectivity index (χ0n) is 13.8. The lowest BCUT2D eigenvalue weighted by Crippen LogP contribution is -2.49. The maximum atomic E-state index is 12.3. The van der Waals surface area contributed by atoms with E-state index in [0.29, 0.717) is 0 Å². The van der Waals surface area contributed by atoms with E-state index in [9.17, 15) is 18.3 Å². The van der Waals surface area contributed by atoms with E-state index in [4.69, 9.17) is 0 Å². The van der Waals surface area contributed by atoms with Crippen LogP contribution in [0.2, 0.25) is 0 Å². The zero-order chi connectivity index (χ0) is 17.1. The number of rotatable bonds is 5. The predicted molar refractivity (Wildman–Crippen MR) is 88.4 cm³/mol. The van der Waals surface area contributed by atoms with E-state index in [0.717, 1.165) is 31.7 Å². The van der Waals surface area contributed by atoms with Gasteiger partial charge in [-0.2, -0.15) is 0 Å². The molecule has 0 amide bonds. The number of hydrogen-bond acceptors (Lipinski definition) is 4. The van der Waals surface area contributed by atoms with Crippen LogP contribution in [0.3, 0.4) is 0 Å². The van der Waals surface area contributed by atoms with Crippen molar-refractivity contribution in [3.8, 4) is 5.75 Å². The van der Waals surface area contributed by atoms with E-state index in [-0.39, 0.29) is 30.8 Å². The Bertz CT molecular complexity index is 503. The second kappa shape index (κ2) is 8.38. The van der Waals surface area contributed by atoms with Gasteiger partial charge in [0, 0.05) is 44.2 Å². The highest BCUT2D eigenvalue weighted by Gasteiger charge is 2.36. The van der Waals surface area contributed by atoms with Gasteiger partial charge in [0.25, 0.3) is 0 Å². The van der Waals surface area contributed by atoms with Crippen LogP contribution in [-0.4, -0.2) is 49.2 Å². The van der Waals surface area contributed by atoms with Gasteiger partial charge >= 0.3 is 6.36 Å². The molecule has 2 N–H and O–H groups in total. The van der Waals surface area contributed by atoms with Crippen molar-refractivity contribution in [1.82, 2.24) is 10.2 Å². The summed E-state index contributed by atoms with van der Waals surface area (Å²) >= 11 is 0. The maximum absolute atomic E-state index is 12.3. The fraction of sp³-hybridized carbons (Fsp3) is 0.625. The standard InChI is InChI=1S/C16H23F3N2O2.ClH/c1-15(2,11-22)14(21-9-7-20-8-10-21)12-3-5-13(6-4-12)23-16(17,18)19;/h3-6,14,20,22H,7-11H2,1-2H3;1H/t14-;/m1./s1. The normalized spacial score (nSPS) is 17.9. The number of halogens is 4. The maximum Gasteiger partial charge on any atom is 0.573 e. The SMILES string of the molecule is CC(C)(CO)[C@@H](c1ccc(OC(F)(F)F)cc1)N1CCNCC1.Cl. The average molecular weight is 369 g/mol. The molecule has 1 saturated heterocycles. The number of nitrogens with one attached hydrogen (secondary N) is 1. The smallest absolute Gasteiger partial charge is 0.406 e. The molecule has 1 aliphatic heterocycles. The van der Waals surface area contributed by atoms with Crippen molar-refractivity contribution in [2.75, 3.05) is 32.8 Å². The summed E-state index contributed by atoms with van der Waals surface area (Å²) in [6, 6.07) is 5.86. The van der Waals surface area contributed by atoms with Gasteiger partial charge in [0.05, 0.1) is 0 Å². The third-order valence-corrected chi connectivity index (χ3v) is 4.09. The summed E-state index contributed by atoms with van der Waals surface area (Å²) < 4.78 is 40.7. The summed E-state index contributed by atoms with van der Waals surface area (Å²) in [6.45, 7) is 7.27. The van der Waals surface area contributed by atoms with Gasteiger partial charge in [-0.1, -0.05) is 26.0 Å². The zero-order valence-corrected chi connectivity index (χ0v) is 14.6. The average Bonchev–Trinajstić information content (AvgIpc) is 2.49. The van der Waals surface area contributed by atoms with Gasteiger partial charge in [-0.05, 0) is 17.7 Å². The highest BCUT2D eigenvalue weighted by Crippen LogP contribution is 2.39. The van der Waals surface area contributed by atoms with Crippen molar-refractivity contribution in [3.63, 3.8) is 0 Å². The highest BCUT2D eigenvalue weighted by molar-refractivity contribution is 5.85. The lowest BCUT2D eigenvalue weighted by Gasteiger charge is -2.43. The van der Waals surface area contributed by atoms with Gasteiger partial charge in [-0.15, -0.1) is 25.6 Å². The number of hydrogen-bond donors (Lipinski definition) is 2. The molecule has 138 valence electrons. The van der Waals surface area contributed by atoms with Gasteiger partial charge in [-0.3, -0.25) is 4.90 Å². The van der Waals surface area contributed by atoms with Crippen molar-refractivity contribution >= 4 is 12.4 Å². The first-order chi connectivity index (χ1) is 10.7. The molecule has 0 radical (unpaired) electrons. The summed E-state index contributed by atoms with van der Waals surface area (Å²) in [7, 11) is 0. The molecule has 1 aromatic rings. The lowest BCUT2D eigenvalue weighted by molar-refractivity contribution is -0.274. The third-order valence-electron chi connectivity index (χ3n) is 4.09. The van der Waals surface area contributed by atoms with E-state index in [2.05, 4.69) is 15.0 Å². The molecule has 0 unspecified atom stereocenters. The second-order valence-corrected chi connectivity index (χ2v) is 6.45. The number of benzene rings is 1. The topological polar surface area (TPSA) is 44.7 Å². The molecule has 1 heterocycles. The highest BCUT2D eigenvalue weighted by atomic mass is 35.5.